The van der Waals surface area contributed by atoms with Gasteiger partial charge >= 0.3 is 6.18 Å². The van der Waals surface area contributed by atoms with E-state index < -0.39 is 11.9 Å². The minimum Gasteiger partial charge on any atom is -0.355 e. The van der Waals surface area contributed by atoms with E-state index in [-0.39, 0.29) is 0 Å². The van der Waals surface area contributed by atoms with Gasteiger partial charge in [0.15, 0.2) is 0 Å². The Labute approximate surface area is 95.8 Å². The normalized spacial score (nSPS) is 17.6. The van der Waals surface area contributed by atoms with Crippen LogP contribution in [-0.2, 0) is 6.18 Å². The fourth-order valence-corrected chi connectivity index (χ4v) is 2.45. The molecule has 0 N–H and O–H groups in total. The van der Waals surface area contributed by atoms with E-state index in [2.05, 4.69) is 4.98 Å². The van der Waals surface area contributed by atoms with Crippen molar-refractivity contribution >= 4 is 17.6 Å². The molecule has 16 heavy (non-hydrogen) atoms. The Morgan fingerprint density at radius 1 is 1.19 bits per heavy atom. The molecule has 0 spiro atoms. The Morgan fingerprint density at radius 2 is 1.88 bits per heavy atom. The summed E-state index contributed by atoms with van der Waals surface area (Å²) in [5.41, 5.74) is -0.816. The fraction of sp³-hybridized carbons (Fsp3) is 0.500. The van der Waals surface area contributed by atoms with Crippen molar-refractivity contribution in [3.63, 3.8) is 0 Å². The lowest BCUT2D eigenvalue weighted by Crippen LogP contribution is -2.33. The number of aromatic nitrogens is 1. The summed E-state index contributed by atoms with van der Waals surface area (Å²) in [6.07, 6.45) is -4.36. The second-order valence-corrected chi connectivity index (χ2v) is 4.70. The number of thioether (sulfide) groups is 1. The van der Waals surface area contributed by atoms with Crippen LogP contribution in [0.5, 0.6) is 0 Å². The molecule has 1 saturated heterocycles. The van der Waals surface area contributed by atoms with E-state index in [1.54, 1.807) is 6.07 Å². The largest absolute Gasteiger partial charge is 0.433 e. The number of pyridine rings is 1. The number of alkyl halides is 3. The second kappa shape index (κ2) is 4.53. The van der Waals surface area contributed by atoms with Gasteiger partial charge < -0.3 is 4.90 Å². The zero-order valence-electron chi connectivity index (χ0n) is 8.50. The van der Waals surface area contributed by atoms with E-state index in [1.807, 2.05) is 16.7 Å². The van der Waals surface area contributed by atoms with Crippen molar-refractivity contribution in [1.29, 1.82) is 0 Å². The molecule has 1 aromatic heterocycles. The highest BCUT2D eigenvalue weighted by Crippen LogP contribution is 2.29. The number of hydrogen-bond donors (Lipinski definition) is 0. The molecule has 0 aliphatic carbocycles. The lowest BCUT2D eigenvalue weighted by atomic mass is 10.3. The summed E-state index contributed by atoms with van der Waals surface area (Å²) in [5.74, 6) is 2.31. The summed E-state index contributed by atoms with van der Waals surface area (Å²) in [4.78, 5) is 5.55. The van der Waals surface area contributed by atoms with E-state index in [9.17, 15) is 13.2 Å². The first kappa shape index (κ1) is 11.6. The SMILES string of the molecule is FC(F)(F)c1cccc(N2CCSCC2)n1. The lowest BCUT2D eigenvalue weighted by Gasteiger charge is -2.27. The zero-order valence-corrected chi connectivity index (χ0v) is 9.31. The third kappa shape index (κ3) is 2.61. The average molecular weight is 248 g/mol. The highest BCUT2D eigenvalue weighted by atomic mass is 32.2. The third-order valence-corrected chi connectivity index (χ3v) is 3.30. The molecule has 0 aromatic carbocycles. The molecule has 1 aliphatic heterocycles. The zero-order chi connectivity index (χ0) is 11.6. The minimum atomic E-state index is -4.36. The Morgan fingerprint density at radius 3 is 2.50 bits per heavy atom. The van der Waals surface area contributed by atoms with Crippen LogP contribution in [-0.4, -0.2) is 29.6 Å². The Kier molecular flexibility index (Phi) is 3.28. The number of anilines is 1. The van der Waals surface area contributed by atoms with Gasteiger partial charge in [0.1, 0.15) is 11.5 Å². The molecular weight excluding hydrogens is 237 g/mol. The first-order valence-corrected chi connectivity index (χ1v) is 6.10. The summed E-state index contributed by atoms with van der Waals surface area (Å²) in [6.45, 7) is 1.53. The summed E-state index contributed by atoms with van der Waals surface area (Å²) in [6, 6.07) is 4.04. The Bertz CT molecular complexity index is 361. The fourth-order valence-electron chi connectivity index (χ4n) is 1.55. The minimum absolute atomic E-state index is 0.426. The maximum absolute atomic E-state index is 12.4. The summed E-state index contributed by atoms with van der Waals surface area (Å²) in [7, 11) is 0. The molecule has 1 fully saturated rings. The van der Waals surface area contributed by atoms with Gasteiger partial charge in [-0.1, -0.05) is 6.07 Å². The molecule has 0 atom stereocenters. The van der Waals surface area contributed by atoms with Crippen LogP contribution >= 0.6 is 11.8 Å². The van der Waals surface area contributed by atoms with Crippen LogP contribution < -0.4 is 4.90 Å². The molecule has 0 unspecified atom stereocenters. The monoisotopic (exact) mass is 248 g/mol. The first-order valence-electron chi connectivity index (χ1n) is 4.94. The quantitative estimate of drug-likeness (QED) is 0.760. The predicted octanol–water partition coefficient (Wildman–Crippen LogP) is 2.65. The summed E-state index contributed by atoms with van der Waals surface area (Å²) < 4.78 is 37.3. The molecule has 2 rings (SSSR count). The van der Waals surface area contributed by atoms with Gasteiger partial charge in [0, 0.05) is 24.6 Å². The van der Waals surface area contributed by atoms with Crippen LogP contribution in [0, 0.1) is 0 Å². The highest BCUT2D eigenvalue weighted by Gasteiger charge is 2.32. The van der Waals surface area contributed by atoms with Crippen molar-refractivity contribution in [2.24, 2.45) is 0 Å². The van der Waals surface area contributed by atoms with E-state index >= 15 is 0 Å². The van der Waals surface area contributed by atoms with Gasteiger partial charge in [0.05, 0.1) is 0 Å². The maximum atomic E-state index is 12.4. The van der Waals surface area contributed by atoms with Crippen LogP contribution in [0.4, 0.5) is 19.0 Å². The van der Waals surface area contributed by atoms with E-state index in [0.29, 0.717) is 5.82 Å². The van der Waals surface area contributed by atoms with Gasteiger partial charge in [-0.25, -0.2) is 4.98 Å². The Hall–Kier alpha value is -0.910. The van der Waals surface area contributed by atoms with Gasteiger partial charge in [-0.3, -0.25) is 0 Å². The third-order valence-electron chi connectivity index (χ3n) is 2.36. The topological polar surface area (TPSA) is 16.1 Å². The van der Waals surface area contributed by atoms with Crippen molar-refractivity contribution in [2.45, 2.75) is 6.18 Å². The van der Waals surface area contributed by atoms with Gasteiger partial charge in [-0.15, -0.1) is 0 Å². The first-order chi connectivity index (χ1) is 7.57. The molecule has 0 saturated carbocycles. The van der Waals surface area contributed by atoms with Crippen LogP contribution in [0.2, 0.25) is 0 Å². The van der Waals surface area contributed by atoms with E-state index in [0.717, 1.165) is 30.7 Å². The van der Waals surface area contributed by atoms with Crippen molar-refractivity contribution in [3.05, 3.63) is 23.9 Å². The lowest BCUT2D eigenvalue weighted by molar-refractivity contribution is -0.141. The molecule has 88 valence electrons. The van der Waals surface area contributed by atoms with Crippen molar-refractivity contribution in [1.82, 2.24) is 4.98 Å². The maximum Gasteiger partial charge on any atom is 0.433 e. The second-order valence-electron chi connectivity index (χ2n) is 3.48. The smallest absolute Gasteiger partial charge is 0.355 e. The average Bonchev–Trinajstić information content (AvgIpc) is 2.29. The standard InChI is InChI=1S/C10H11F3N2S/c11-10(12,13)8-2-1-3-9(14-8)15-4-6-16-7-5-15/h1-3H,4-7H2. The molecule has 2 nitrogen and oxygen atoms in total. The van der Waals surface area contributed by atoms with Crippen molar-refractivity contribution in [2.75, 3.05) is 29.5 Å². The van der Waals surface area contributed by atoms with Crippen LogP contribution in [0.15, 0.2) is 18.2 Å². The molecule has 2 heterocycles. The van der Waals surface area contributed by atoms with E-state index in [1.165, 1.54) is 6.07 Å². The number of rotatable bonds is 1. The number of hydrogen-bond acceptors (Lipinski definition) is 3. The van der Waals surface area contributed by atoms with Crippen LogP contribution in [0.1, 0.15) is 5.69 Å². The van der Waals surface area contributed by atoms with Crippen LogP contribution in [0.3, 0.4) is 0 Å². The Balaban J connectivity index is 2.21. The highest BCUT2D eigenvalue weighted by molar-refractivity contribution is 7.99. The summed E-state index contributed by atoms with van der Waals surface area (Å²) in [5, 5.41) is 0. The number of halogens is 3. The molecule has 0 bridgehead atoms. The van der Waals surface area contributed by atoms with Crippen LogP contribution in [0.25, 0.3) is 0 Å². The summed E-state index contributed by atoms with van der Waals surface area (Å²) >= 11 is 1.81. The predicted molar refractivity (Wildman–Crippen MR) is 58.8 cm³/mol. The molecule has 6 heteroatoms. The van der Waals surface area contributed by atoms with Crippen molar-refractivity contribution < 1.29 is 13.2 Å². The van der Waals surface area contributed by atoms with Gasteiger partial charge in [-0.2, -0.15) is 24.9 Å². The van der Waals surface area contributed by atoms with E-state index in [4.69, 9.17) is 0 Å². The molecule has 1 aromatic rings. The van der Waals surface area contributed by atoms with Crippen molar-refractivity contribution in [3.8, 4) is 0 Å². The molecule has 0 amide bonds. The molecular formula is C10H11F3N2S. The van der Waals surface area contributed by atoms with Gasteiger partial charge in [0.2, 0.25) is 0 Å². The molecule has 0 radical (unpaired) electrons. The number of nitrogens with zero attached hydrogens (tertiary/aromatic N) is 2. The van der Waals surface area contributed by atoms with Gasteiger partial charge in [0.25, 0.3) is 0 Å². The molecule has 1 aliphatic rings. The van der Waals surface area contributed by atoms with Gasteiger partial charge in [-0.05, 0) is 12.1 Å².